The Bertz CT molecular complexity index is 628. The Hall–Kier alpha value is -1.70. The number of hydrogen-bond donors (Lipinski definition) is 1. The lowest BCUT2D eigenvalue weighted by Crippen LogP contribution is -2.33. The van der Waals surface area contributed by atoms with Gasteiger partial charge >= 0.3 is 0 Å². The van der Waals surface area contributed by atoms with Crippen LogP contribution in [0.3, 0.4) is 0 Å². The van der Waals surface area contributed by atoms with Gasteiger partial charge < -0.3 is 10.2 Å². The van der Waals surface area contributed by atoms with Gasteiger partial charge in [-0.15, -0.1) is 10.2 Å². The van der Waals surface area contributed by atoms with E-state index < -0.39 is 9.84 Å². The molecule has 0 aromatic carbocycles. The maximum Gasteiger partial charge on any atom is 0.271 e. The number of nitrogens with one attached hydrogen (secondary N) is 1. The Morgan fingerprint density at radius 2 is 2.14 bits per heavy atom. The predicted molar refractivity (Wildman–Crippen MR) is 84.7 cm³/mol. The molecule has 1 aliphatic heterocycles. The maximum atomic E-state index is 11.9. The number of sulfone groups is 1. The number of carbonyl (C=O) groups excluding carboxylic acids is 1. The highest BCUT2D eigenvalue weighted by atomic mass is 32.2. The molecule has 1 N–H and O–H groups in total. The SMILES string of the molecule is CC(C)CNC(=O)c1ccc(N(C)C2CCS(=O)(=O)C2)nn1. The monoisotopic (exact) mass is 326 g/mol. The van der Waals surface area contributed by atoms with E-state index in [-0.39, 0.29) is 29.1 Å². The van der Waals surface area contributed by atoms with Crippen LogP contribution < -0.4 is 10.2 Å². The molecule has 1 aliphatic rings. The molecule has 0 spiro atoms. The van der Waals surface area contributed by atoms with Gasteiger partial charge in [0.15, 0.2) is 21.3 Å². The molecule has 1 aromatic rings. The van der Waals surface area contributed by atoms with Crippen molar-refractivity contribution in [1.82, 2.24) is 15.5 Å². The van der Waals surface area contributed by atoms with E-state index in [0.717, 1.165) is 0 Å². The zero-order chi connectivity index (χ0) is 16.3. The fourth-order valence-electron chi connectivity index (χ4n) is 2.29. The first-order valence-electron chi connectivity index (χ1n) is 7.33. The summed E-state index contributed by atoms with van der Waals surface area (Å²) in [6, 6.07) is 3.22. The first kappa shape index (κ1) is 16.7. The highest BCUT2D eigenvalue weighted by Gasteiger charge is 2.31. The molecule has 22 heavy (non-hydrogen) atoms. The van der Waals surface area contributed by atoms with Crippen molar-refractivity contribution < 1.29 is 13.2 Å². The molecule has 1 saturated heterocycles. The van der Waals surface area contributed by atoms with Crippen LogP contribution in [-0.4, -0.2) is 55.7 Å². The van der Waals surface area contributed by atoms with Crippen LogP contribution in [0.2, 0.25) is 0 Å². The van der Waals surface area contributed by atoms with Crippen molar-refractivity contribution in [2.45, 2.75) is 26.3 Å². The van der Waals surface area contributed by atoms with Gasteiger partial charge in [0.2, 0.25) is 0 Å². The van der Waals surface area contributed by atoms with Gasteiger partial charge in [0, 0.05) is 19.6 Å². The number of hydrogen-bond acceptors (Lipinski definition) is 6. The average Bonchev–Trinajstić information content (AvgIpc) is 2.84. The Morgan fingerprint density at radius 1 is 1.41 bits per heavy atom. The van der Waals surface area contributed by atoms with Crippen LogP contribution in [0, 0.1) is 5.92 Å². The lowest BCUT2D eigenvalue weighted by atomic mass is 10.2. The van der Waals surface area contributed by atoms with Gasteiger partial charge in [-0.1, -0.05) is 13.8 Å². The second kappa shape index (κ2) is 6.60. The molecule has 0 saturated carbocycles. The van der Waals surface area contributed by atoms with E-state index in [1.807, 2.05) is 18.7 Å². The van der Waals surface area contributed by atoms with Gasteiger partial charge in [-0.25, -0.2) is 8.42 Å². The summed E-state index contributed by atoms with van der Waals surface area (Å²) in [6.07, 6.45) is 0.594. The van der Waals surface area contributed by atoms with Crippen molar-refractivity contribution in [2.24, 2.45) is 5.92 Å². The first-order chi connectivity index (χ1) is 10.3. The van der Waals surface area contributed by atoms with E-state index in [9.17, 15) is 13.2 Å². The van der Waals surface area contributed by atoms with Crippen LogP contribution in [0.25, 0.3) is 0 Å². The van der Waals surface area contributed by atoms with E-state index in [1.54, 1.807) is 19.2 Å². The minimum Gasteiger partial charge on any atom is -0.354 e. The zero-order valence-corrected chi connectivity index (χ0v) is 13.9. The molecule has 1 unspecified atom stereocenters. The van der Waals surface area contributed by atoms with Gasteiger partial charge in [-0.3, -0.25) is 4.79 Å². The summed E-state index contributed by atoms with van der Waals surface area (Å²) in [7, 11) is -1.14. The number of amides is 1. The van der Waals surface area contributed by atoms with Gasteiger partial charge in [0.25, 0.3) is 5.91 Å². The molecule has 1 amide bonds. The highest BCUT2D eigenvalue weighted by molar-refractivity contribution is 7.91. The third kappa shape index (κ3) is 4.16. The lowest BCUT2D eigenvalue weighted by molar-refractivity contribution is 0.0943. The predicted octanol–water partition coefficient (Wildman–Crippen LogP) is 0.486. The highest BCUT2D eigenvalue weighted by Crippen LogP contribution is 2.20. The third-order valence-electron chi connectivity index (χ3n) is 3.67. The molecule has 122 valence electrons. The minimum atomic E-state index is -2.94. The Labute approximate surface area is 131 Å². The van der Waals surface area contributed by atoms with Crippen molar-refractivity contribution in [3.05, 3.63) is 17.8 Å². The standard InChI is InChI=1S/C14H22N4O3S/c1-10(2)8-15-14(19)12-4-5-13(17-16-12)18(3)11-6-7-22(20,21)9-11/h4-5,10-11H,6-9H2,1-3H3,(H,15,19). The number of aromatic nitrogens is 2. The molecular weight excluding hydrogens is 304 g/mol. The van der Waals surface area contributed by atoms with Gasteiger partial charge in [0.1, 0.15) is 0 Å². The number of carbonyl (C=O) groups is 1. The summed E-state index contributed by atoms with van der Waals surface area (Å²) in [5.74, 6) is 1.04. The summed E-state index contributed by atoms with van der Waals surface area (Å²) < 4.78 is 23.1. The number of nitrogens with zero attached hydrogens (tertiary/aromatic N) is 3. The zero-order valence-electron chi connectivity index (χ0n) is 13.1. The van der Waals surface area contributed by atoms with Crippen molar-refractivity contribution in [1.29, 1.82) is 0 Å². The molecule has 1 fully saturated rings. The van der Waals surface area contributed by atoms with E-state index >= 15 is 0 Å². The molecule has 1 atom stereocenters. The van der Waals surface area contributed by atoms with E-state index in [0.29, 0.717) is 24.7 Å². The van der Waals surface area contributed by atoms with Crippen molar-refractivity contribution >= 4 is 21.6 Å². The van der Waals surface area contributed by atoms with Crippen LogP contribution in [0.4, 0.5) is 5.82 Å². The van der Waals surface area contributed by atoms with Crippen LogP contribution in [0.1, 0.15) is 30.8 Å². The second-order valence-electron chi connectivity index (χ2n) is 6.05. The summed E-state index contributed by atoms with van der Waals surface area (Å²) in [4.78, 5) is 13.7. The number of anilines is 1. The average molecular weight is 326 g/mol. The molecule has 0 bridgehead atoms. The van der Waals surface area contributed by atoms with Crippen LogP contribution >= 0.6 is 0 Å². The molecule has 0 aliphatic carbocycles. The van der Waals surface area contributed by atoms with Crippen LogP contribution in [-0.2, 0) is 9.84 Å². The Morgan fingerprint density at radius 3 is 2.64 bits per heavy atom. The minimum absolute atomic E-state index is 0.0834. The fourth-order valence-corrected chi connectivity index (χ4v) is 4.06. The quantitative estimate of drug-likeness (QED) is 0.846. The molecular formula is C14H22N4O3S. The normalized spacial score (nSPS) is 20.1. The lowest BCUT2D eigenvalue weighted by Gasteiger charge is -2.23. The van der Waals surface area contributed by atoms with Gasteiger partial charge in [0.05, 0.1) is 11.5 Å². The first-order valence-corrected chi connectivity index (χ1v) is 9.16. The van der Waals surface area contributed by atoms with E-state index in [4.69, 9.17) is 0 Å². The topological polar surface area (TPSA) is 92.3 Å². The summed E-state index contributed by atoms with van der Waals surface area (Å²) >= 11 is 0. The maximum absolute atomic E-state index is 11.9. The molecule has 2 rings (SSSR count). The van der Waals surface area contributed by atoms with Crippen LogP contribution in [0.15, 0.2) is 12.1 Å². The molecule has 7 nitrogen and oxygen atoms in total. The second-order valence-corrected chi connectivity index (χ2v) is 8.28. The molecule has 0 radical (unpaired) electrons. The Kier molecular flexibility index (Phi) is 5.00. The van der Waals surface area contributed by atoms with E-state index in [2.05, 4.69) is 15.5 Å². The van der Waals surface area contributed by atoms with Crippen molar-refractivity contribution in [3.8, 4) is 0 Å². The molecule has 1 aromatic heterocycles. The van der Waals surface area contributed by atoms with Crippen molar-refractivity contribution in [2.75, 3.05) is 30.0 Å². The van der Waals surface area contributed by atoms with Gasteiger partial charge in [-0.2, -0.15) is 0 Å². The fraction of sp³-hybridized carbons (Fsp3) is 0.643. The largest absolute Gasteiger partial charge is 0.354 e. The van der Waals surface area contributed by atoms with E-state index in [1.165, 1.54) is 0 Å². The summed E-state index contributed by atoms with van der Waals surface area (Å²) in [5.41, 5.74) is 0.261. The van der Waals surface area contributed by atoms with Gasteiger partial charge in [-0.05, 0) is 24.5 Å². The van der Waals surface area contributed by atoms with Crippen LogP contribution in [0.5, 0.6) is 0 Å². The smallest absolute Gasteiger partial charge is 0.271 e. The molecule has 8 heteroatoms. The summed E-state index contributed by atoms with van der Waals surface area (Å²) in [6.45, 7) is 4.61. The Balaban J connectivity index is 2.01. The summed E-state index contributed by atoms with van der Waals surface area (Å²) in [5, 5.41) is 10.8. The number of rotatable bonds is 5. The third-order valence-corrected chi connectivity index (χ3v) is 5.42. The molecule has 2 heterocycles. The van der Waals surface area contributed by atoms with Crippen molar-refractivity contribution in [3.63, 3.8) is 0 Å².